The Labute approximate surface area is 190 Å². The molecule has 4 aliphatic rings. The molecule has 4 saturated carbocycles. The lowest BCUT2D eigenvalue weighted by Crippen LogP contribution is -2.64. The zero-order valence-corrected chi connectivity index (χ0v) is 19.8. The second kappa shape index (κ2) is 8.53. The van der Waals surface area contributed by atoms with Crippen LogP contribution in [-0.4, -0.2) is 29.9 Å². The lowest BCUT2D eigenvalue weighted by atomic mass is 9.47. The maximum atomic E-state index is 13.1. The summed E-state index contributed by atoms with van der Waals surface area (Å²) in [5, 5.41) is 6.19. The van der Waals surface area contributed by atoms with E-state index in [-0.39, 0.29) is 29.9 Å². The molecule has 0 aromatic heterocycles. The van der Waals surface area contributed by atoms with Gasteiger partial charge in [0.15, 0.2) is 0 Å². The Kier molecular flexibility index (Phi) is 6.08. The summed E-state index contributed by atoms with van der Waals surface area (Å²) in [6.45, 7) is 7.85. The molecular weight excluding hydrogens is 404 g/mol. The maximum absolute atomic E-state index is 13.1. The van der Waals surface area contributed by atoms with E-state index in [2.05, 4.69) is 22.8 Å². The molecule has 6 heteroatoms. The van der Waals surface area contributed by atoms with E-state index in [0.29, 0.717) is 31.1 Å². The van der Waals surface area contributed by atoms with Crippen LogP contribution in [0.15, 0.2) is 12.1 Å². The van der Waals surface area contributed by atoms with Crippen molar-refractivity contribution in [2.45, 2.75) is 84.6 Å². The van der Waals surface area contributed by atoms with Gasteiger partial charge in [-0.05, 0) is 88.7 Å². The molecule has 4 fully saturated rings. The van der Waals surface area contributed by atoms with Crippen LogP contribution in [-0.2, 0) is 19.1 Å². The predicted molar refractivity (Wildman–Crippen MR) is 123 cm³/mol. The van der Waals surface area contributed by atoms with Gasteiger partial charge in [-0.1, -0.05) is 17.7 Å². The molecule has 1 aromatic rings. The van der Waals surface area contributed by atoms with Gasteiger partial charge < -0.3 is 15.4 Å². The minimum absolute atomic E-state index is 0.0134. The first-order valence-corrected chi connectivity index (χ1v) is 11.9. The van der Waals surface area contributed by atoms with Gasteiger partial charge in [0.25, 0.3) is 0 Å². The SMILES string of the molecule is CC(=O)NC12C[C@H]3C[C@@H](C1)CC(C(=O)OCCCC(=O)Nc1c(C)cc(C)cc1C)(C3)C2. The Morgan fingerprint density at radius 2 is 1.66 bits per heavy atom. The minimum Gasteiger partial charge on any atom is -0.465 e. The van der Waals surface area contributed by atoms with Gasteiger partial charge in [0.05, 0.1) is 12.0 Å². The Bertz CT molecular complexity index is 901. The second-order valence-corrected chi connectivity index (χ2v) is 10.8. The maximum Gasteiger partial charge on any atom is 0.312 e. The van der Waals surface area contributed by atoms with Crippen molar-refractivity contribution in [1.82, 2.24) is 5.32 Å². The third-order valence-electron chi connectivity index (χ3n) is 7.66. The molecule has 32 heavy (non-hydrogen) atoms. The average Bonchev–Trinajstić information content (AvgIpc) is 2.65. The summed E-state index contributed by atoms with van der Waals surface area (Å²) in [7, 11) is 0. The molecule has 174 valence electrons. The third kappa shape index (κ3) is 4.55. The van der Waals surface area contributed by atoms with Crippen LogP contribution in [0, 0.1) is 38.0 Å². The number of hydrogen-bond donors (Lipinski definition) is 2. The molecule has 4 atom stereocenters. The summed E-state index contributed by atoms with van der Waals surface area (Å²) in [4.78, 5) is 37.4. The quantitative estimate of drug-likeness (QED) is 0.488. The van der Waals surface area contributed by atoms with Gasteiger partial charge >= 0.3 is 5.97 Å². The molecule has 6 nitrogen and oxygen atoms in total. The molecule has 2 unspecified atom stereocenters. The number of nitrogens with one attached hydrogen (secondary N) is 2. The largest absolute Gasteiger partial charge is 0.465 e. The number of carbonyl (C=O) groups excluding carboxylic acids is 3. The number of rotatable bonds is 7. The van der Waals surface area contributed by atoms with Gasteiger partial charge in [0.1, 0.15) is 0 Å². The lowest BCUT2D eigenvalue weighted by Gasteiger charge is -2.60. The van der Waals surface area contributed by atoms with Crippen molar-refractivity contribution in [3.05, 3.63) is 28.8 Å². The number of esters is 1. The number of hydrogen-bond acceptors (Lipinski definition) is 4. The van der Waals surface area contributed by atoms with E-state index in [9.17, 15) is 14.4 Å². The topological polar surface area (TPSA) is 84.5 Å². The summed E-state index contributed by atoms with van der Waals surface area (Å²) in [5.74, 6) is 0.771. The Morgan fingerprint density at radius 3 is 2.25 bits per heavy atom. The van der Waals surface area contributed by atoms with E-state index in [1.54, 1.807) is 6.92 Å². The Balaban J connectivity index is 1.29. The van der Waals surface area contributed by atoms with E-state index >= 15 is 0 Å². The van der Waals surface area contributed by atoms with Crippen LogP contribution in [0.2, 0.25) is 0 Å². The van der Waals surface area contributed by atoms with Crippen molar-refractivity contribution in [3.63, 3.8) is 0 Å². The molecule has 0 spiro atoms. The van der Waals surface area contributed by atoms with E-state index in [1.165, 1.54) is 5.56 Å². The molecule has 2 N–H and O–H groups in total. The fraction of sp³-hybridized carbons (Fsp3) is 0.654. The van der Waals surface area contributed by atoms with Gasteiger partial charge in [-0.15, -0.1) is 0 Å². The first kappa shape index (κ1) is 22.8. The average molecular weight is 441 g/mol. The highest BCUT2D eigenvalue weighted by Gasteiger charge is 2.61. The van der Waals surface area contributed by atoms with Crippen LogP contribution in [0.25, 0.3) is 0 Å². The molecule has 0 heterocycles. The van der Waals surface area contributed by atoms with Crippen molar-refractivity contribution in [2.24, 2.45) is 17.3 Å². The Hall–Kier alpha value is -2.37. The van der Waals surface area contributed by atoms with Crippen LogP contribution in [0.3, 0.4) is 0 Å². The summed E-state index contributed by atoms with van der Waals surface area (Å²) >= 11 is 0. The first-order valence-electron chi connectivity index (χ1n) is 11.9. The van der Waals surface area contributed by atoms with E-state index < -0.39 is 5.41 Å². The van der Waals surface area contributed by atoms with Crippen molar-refractivity contribution in [2.75, 3.05) is 11.9 Å². The van der Waals surface area contributed by atoms with Gasteiger partial charge in [-0.2, -0.15) is 0 Å². The molecule has 4 bridgehead atoms. The summed E-state index contributed by atoms with van der Waals surface area (Å²) in [5.41, 5.74) is 3.45. The van der Waals surface area contributed by atoms with Gasteiger partial charge in [-0.3, -0.25) is 14.4 Å². The normalized spacial score (nSPS) is 30.1. The van der Waals surface area contributed by atoms with Crippen LogP contribution < -0.4 is 10.6 Å². The minimum atomic E-state index is -0.467. The molecule has 0 saturated heterocycles. The number of benzene rings is 1. The molecular formula is C26H36N2O4. The van der Waals surface area contributed by atoms with Crippen molar-refractivity contribution < 1.29 is 19.1 Å². The van der Waals surface area contributed by atoms with Crippen LogP contribution in [0.5, 0.6) is 0 Å². The van der Waals surface area contributed by atoms with Crippen LogP contribution in [0.4, 0.5) is 5.69 Å². The molecule has 2 amide bonds. The second-order valence-electron chi connectivity index (χ2n) is 10.8. The molecule has 0 aliphatic heterocycles. The molecule has 5 rings (SSSR count). The molecule has 1 aromatic carbocycles. The molecule has 4 aliphatic carbocycles. The highest BCUT2D eigenvalue weighted by atomic mass is 16.5. The van der Waals surface area contributed by atoms with Crippen LogP contribution >= 0.6 is 0 Å². The van der Waals surface area contributed by atoms with Crippen LogP contribution in [0.1, 0.15) is 75.0 Å². The van der Waals surface area contributed by atoms with Crippen molar-refractivity contribution in [1.29, 1.82) is 0 Å². The van der Waals surface area contributed by atoms with E-state index in [1.807, 2.05) is 20.8 Å². The number of carbonyl (C=O) groups is 3. The zero-order valence-electron chi connectivity index (χ0n) is 19.8. The monoisotopic (exact) mass is 440 g/mol. The highest BCUT2D eigenvalue weighted by molar-refractivity contribution is 5.92. The summed E-state index contributed by atoms with van der Waals surface area (Å²) in [6.07, 6.45) is 6.38. The highest BCUT2D eigenvalue weighted by Crippen LogP contribution is 2.62. The summed E-state index contributed by atoms with van der Waals surface area (Å²) in [6, 6.07) is 4.12. The fourth-order valence-electron chi connectivity index (χ4n) is 7.15. The number of amides is 2. The zero-order chi connectivity index (χ0) is 23.1. The van der Waals surface area contributed by atoms with E-state index in [0.717, 1.165) is 48.9 Å². The Morgan fingerprint density at radius 1 is 1.03 bits per heavy atom. The van der Waals surface area contributed by atoms with Crippen molar-refractivity contribution in [3.8, 4) is 0 Å². The third-order valence-corrected chi connectivity index (χ3v) is 7.66. The van der Waals surface area contributed by atoms with Gasteiger partial charge in [0, 0.05) is 24.6 Å². The van der Waals surface area contributed by atoms with E-state index in [4.69, 9.17) is 4.74 Å². The summed E-state index contributed by atoms with van der Waals surface area (Å²) < 4.78 is 5.71. The lowest BCUT2D eigenvalue weighted by molar-refractivity contribution is -0.176. The molecule has 0 radical (unpaired) electrons. The number of ether oxygens (including phenoxy) is 1. The standard InChI is InChI=1S/C26H36N2O4/c1-16-8-17(2)23(18(3)9-16)27-22(30)6-5-7-32-24(31)25-11-20-10-21(12-25)14-26(13-20,15-25)28-19(4)29/h8-9,20-21H,5-7,10-15H2,1-4H3,(H,27,30)(H,28,29)/t20-,21+,25?,26?. The van der Waals surface area contributed by atoms with Gasteiger partial charge in [-0.25, -0.2) is 0 Å². The number of aryl methyl sites for hydroxylation is 3. The van der Waals surface area contributed by atoms with Gasteiger partial charge in [0.2, 0.25) is 11.8 Å². The first-order chi connectivity index (χ1) is 15.1. The van der Waals surface area contributed by atoms with Crippen molar-refractivity contribution >= 4 is 23.5 Å². The predicted octanol–water partition coefficient (Wildman–Crippen LogP) is 4.35. The fourth-order valence-corrected chi connectivity index (χ4v) is 7.15. The number of anilines is 1. The smallest absolute Gasteiger partial charge is 0.312 e.